The van der Waals surface area contributed by atoms with Crippen molar-refractivity contribution in [3.05, 3.63) is 30.1 Å². The Morgan fingerprint density at radius 1 is 1.50 bits per heavy atom. The van der Waals surface area contributed by atoms with Crippen molar-refractivity contribution in [2.45, 2.75) is 24.7 Å². The van der Waals surface area contributed by atoms with E-state index in [2.05, 4.69) is 4.98 Å². The molecule has 2 heterocycles. The van der Waals surface area contributed by atoms with Crippen LogP contribution in [0.25, 0.3) is 0 Å². The summed E-state index contributed by atoms with van der Waals surface area (Å²) < 4.78 is 10.5. The maximum atomic E-state index is 12.3. The number of amides is 1. The van der Waals surface area contributed by atoms with Crippen molar-refractivity contribution in [1.82, 2.24) is 9.88 Å². The lowest BCUT2D eigenvalue weighted by molar-refractivity contribution is -0.157. The normalized spacial score (nSPS) is 26.2. The Balaban J connectivity index is 1.99. The zero-order valence-electron chi connectivity index (χ0n) is 11.7. The Kier molecular flexibility index (Phi) is 5.05. The second-order valence-corrected chi connectivity index (χ2v) is 4.91. The van der Waals surface area contributed by atoms with Crippen LogP contribution < -0.4 is 0 Å². The van der Waals surface area contributed by atoms with Crippen molar-refractivity contribution in [3.63, 3.8) is 0 Å². The van der Waals surface area contributed by atoms with Gasteiger partial charge in [-0.2, -0.15) is 0 Å². The van der Waals surface area contributed by atoms with Gasteiger partial charge in [0, 0.05) is 26.6 Å². The average Bonchev–Trinajstić information content (AvgIpc) is 2.48. The van der Waals surface area contributed by atoms with E-state index in [4.69, 9.17) is 9.47 Å². The quantitative estimate of drug-likeness (QED) is 0.831. The summed E-state index contributed by atoms with van der Waals surface area (Å²) in [4.78, 5) is 17.7. The first-order valence-corrected chi connectivity index (χ1v) is 6.56. The smallest absolute Gasteiger partial charge is 0.227 e. The third-order valence-corrected chi connectivity index (χ3v) is 3.64. The van der Waals surface area contributed by atoms with E-state index in [1.54, 1.807) is 31.6 Å². The van der Waals surface area contributed by atoms with Gasteiger partial charge < -0.3 is 19.5 Å². The maximum Gasteiger partial charge on any atom is 0.227 e. The SMILES string of the molecule is CO[C@@H]1COC[C@@H](N(C)C(=O)Cc2ccncc2)[C@@H]1O. The number of likely N-dealkylation sites (N-methyl/N-ethyl adjacent to an activating group) is 1. The largest absolute Gasteiger partial charge is 0.388 e. The van der Waals surface area contributed by atoms with E-state index in [-0.39, 0.29) is 18.4 Å². The molecule has 20 heavy (non-hydrogen) atoms. The summed E-state index contributed by atoms with van der Waals surface area (Å²) in [7, 11) is 3.21. The molecular weight excluding hydrogens is 260 g/mol. The van der Waals surface area contributed by atoms with Gasteiger partial charge in [0.25, 0.3) is 0 Å². The molecule has 1 N–H and O–H groups in total. The zero-order valence-corrected chi connectivity index (χ0v) is 11.7. The molecule has 1 aliphatic rings. The number of rotatable bonds is 4. The molecule has 1 aliphatic heterocycles. The summed E-state index contributed by atoms with van der Waals surface area (Å²) in [5.41, 5.74) is 0.895. The molecule has 6 heteroatoms. The number of aromatic nitrogens is 1. The van der Waals surface area contributed by atoms with Gasteiger partial charge in [-0.1, -0.05) is 0 Å². The molecule has 1 saturated heterocycles. The lowest BCUT2D eigenvalue weighted by Crippen LogP contribution is -2.57. The fraction of sp³-hybridized carbons (Fsp3) is 0.571. The molecule has 3 atom stereocenters. The second-order valence-electron chi connectivity index (χ2n) is 4.91. The fourth-order valence-corrected chi connectivity index (χ4v) is 2.28. The number of nitrogens with zero attached hydrogens (tertiary/aromatic N) is 2. The van der Waals surface area contributed by atoms with Gasteiger partial charge in [0.15, 0.2) is 0 Å². The molecule has 1 aromatic rings. The zero-order chi connectivity index (χ0) is 14.5. The highest BCUT2D eigenvalue weighted by Crippen LogP contribution is 2.17. The lowest BCUT2D eigenvalue weighted by Gasteiger charge is -2.38. The molecule has 110 valence electrons. The summed E-state index contributed by atoms with van der Waals surface area (Å²) >= 11 is 0. The van der Waals surface area contributed by atoms with Crippen LogP contribution in [-0.2, 0) is 20.7 Å². The number of hydrogen-bond donors (Lipinski definition) is 1. The number of pyridine rings is 1. The van der Waals surface area contributed by atoms with Crippen LogP contribution in [0.1, 0.15) is 5.56 Å². The van der Waals surface area contributed by atoms with Crippen LogP contribution in [0.15, 0.2) is 24.5 Å². The Morgan fingerprint density at radius 3 is 2.85 bits per heavy atom. The van der Waals surface area contributed by atoms with Crippen LogP contribution in [-0.4, -0.2) is 66.5 Å². The van der Waals surface area contributed by atoms with Gasteiger partial charge in [0.1, 0.15) is 12.2 Å². The molecule has 0 unspecified atom stereocenters. The van der Waals surface area contributed by atoms with Gasteiger partial charge in [0.2, 0.25) is 5.91 Å². The molecule has 6 nitrogen and oxygen atoms in total. The Hall–Kier alpha value is -1.50. The van der Waals surface area contributed by atoms with Crippen LogP contribution in [0.4, 0.5) is 0 Å². The van der Waals surface area contributed by atoms with Gasteiger partial charge in [-0.3, -0.25) is 9.78 Å². The lowest BCUT2D eigenvalue weighted by atomic mass is 10.0. The molecule has 1 aromatic heterocycles. The number of carbonyl (C=O) groups is 1. The van der Waals surface area contributed by atoms with Crippen molar-refractivity contribution in [1.29, 1.82) is 0 Å². The van der Waals surface area contributed by atoms with Crippen LogP contribution >= 0.6 is 0 Å². The highest BCUT2D eigenvalue weighted by molar-refractivity contribution is 5.78. The van der Waals surface area contributed by atoms with Crippen molar-refractivity contribution >= 4 is 5.91 Å². The second kappa shape index (κ2) is 6.78. The molecule has 1 amide bonds. The van der Waals surface area contributed by atoms with Gasteiger partial charge in [-0.05, 0) is 17.7 Å². The monoisotopic (exact) mass is 280 g/mol. The molecule has 0 aromatic carbocycles. The van der Waals surface area contributed by atoms with E-state index < -0.39 is 12.2 Å². The third-order valence-electron chi connectivity index (χ3n) is 3.64. The molecule has 1 fully saturated rings. The molecule has 0 bridgehead atoms. The van der Waals surface area contributed by atoms with Gasteiger partial charge in [0.05, 0.1) is 25.7 Å². The van der Waals surface area contributed by atoms with Crippen molar-refractivity contribution in [2.24, 2.45) is 0 Å². The van der Waals surface area contributed by atoms with Crippen molar-refractivity contribution < 1.29 is 19.4 Å². The van der Waals surface area contributed by atoms with Gasteiger partial charge in [-0.15, -0.1) is 0 Å². The van der Waals surface area contributed by atoms with Gasteiger partial charge in [-0.25, -0.2) is 0 Å². The van der Waals surface area contributed by atoms with E-state index >= 15 is 0 Å². The van der Waals surface area contributed by atoms with E-state index in [9.17, 15) is 9.90 Å². The number of methoxy groups -OCH3 is 1. The number of aliphatic hydroxyl groups excluding tert-OH is 1. The predicted molar refractivity (Wildman–Crippen MR) is 72.1 cm³/mol. The minimum absolute atomic E-state index is 0.0689. The molecule has 0 spiro atoms. The maximum absolute atomic E-state index is 12.3. The highest BCUT2D eigenvalue weighted by Gasteiger charge is 2.36. The average molecular weight is 280 g/mol. The molecule has 2 rings (SSSR count). The van der Waals surface area contributed by atoms with E-state index in [0.29, 0.717) is 13.2 Å². The highest BCUT2D eigenvalue weighted by atomic mass is 16.5. The van der Waals surface area contributed by atoms with E-state index in [0.717, 1.165) is 5.56 Å². The van der Waals surface area contributed by atoms with E-state index in [1.165, 1.54) is 12.0 Å². The molecule has 0 radical (unpaired) electrons. The fourth-order valence-electron chi connectivity index (χ4n) is 2.28. The minimum Gasteiger partial charge on any atom is -0.388 e. The van der Waals surface area contributed by atoms with Gasteiger partial charge >= 0.3 is 0 Å². The summed E-state index contributed by atoms with van der Waals surface area (Å²) in [6.45, 7) is 0.667. The number of aliphatic hydroxyl groups is 1. The summed E-state index contributed by atoms with van der Waals surface area (Å²) in [5.74, 6) is -0.0689. The van der Waals surface area contributed by atoms with Crippen LogP contribution in [0.2, 0.25) is 0 Å². The van der Waals surface area contributed by atoms with Crippen molar-refractivity contribution in [2.75, 3.05) is 27.4 Å². The Bertz CT molecular complexity index is 440. The number of ether oxygens (including phenoxy) is 2. The van der Waals surface area contributed by atoms with Crippen LogP contribution in [0.3, 0.4) is 0 Å². The Morgan fingerprint density at radius 2 is 2.20 bits per heavy atom. The standard InChI is InChI=1S/C14H20N2O4/c1-16(11-8-20-9-12(19-2)14(11)18)13(17)7-10-3-5-15-6-4-10/h3-6,11-12,14,18H,7-9H2,1-2H3/t11-,12-,14+/m1/s1. The van der Waals surface area contributed by atoms with Crippen LogP contribution in [0, 0.1) is 0 Å². The summed E-state index contributed by atoms with van der Waals surface area (Å²) in [5, 5.41) is 10.2. The number of carbonyl (C=O) groups excluding carboxylic acids is 1. The first-order chi connectivity index (χ1) is 9.63. The topological polar surface area (TPSA) is 71.9 Å². The van der Waals surface area contributed by atoms with Crippen molar-refractivity contribution in [3.8, 4) is 0 Å². The summed E-state index contributed by atoms with van der Waals surface area (Å²) in [6, 6.07) is 3.22. The van der Waals surface area contributed by atoms with Crippen LogP contribution in [0.5, 0.6) is 0 Å². The molecular formula is C14H20N2O4. The minimum atomic E-state index is -0.736. The summed E-state index contributed by atoms with van der Waals surface area (Å²) in [6.07, 6.45) is 2.45. The first kappa shape index (κ1) is 14.9. The molecule has 0 aliphatic carbocycles. The predicted octanol–water partition coefficient (Wildman–Crippen LogP) is -0.143. The van der Waals surface area contributed by atoms with E-state index in [1.807, 2.05) is 0 Å². The number of hydrogen-bond acceptors (Lipinski definition) is 5. The molecule has 0 saturated carbocycles. The first-order valence-electron chi connectivity index (χ1n) is 6.56. The third kappa shape index (κ3) is 3.33. The Labute approximate surface area is 118 Å².